The average Bonchev–Trinajstić information content (AvgIpc) is 2.42. The molecule has 0 aliphatic rings. The molecule has 0 aromatic heterocycles. The molecule has 1 atom stereocenters. The second-order valence-corrected chi connectivity index (χ2v) is 6.79. The zero-order chi connectivity index (χ0) is 15.0. The Morgan fingerprint density at radius 2 is 1.60 bits per heavy atom. The lowest BCUT2D eigenvalue weighted by Gasteiger charge is -2.21. The summed E-state index contributed by atoms with van der Waals surface area (Å²) in [6.07, 6.45) is 7.67. The summed E-state index contributed by atoms with van der Waals surface area (Å²) < 4.78 is 0. The fourth-order valence-electron chi connectivity index (χ4n) is 2.51. The first-order valence-electron chi connectivity index (χ1n) is 8.05. The lowest BCUT2D eigenvalue weighted by Crippen LogP contribution is -2.28. The van der Waals surface area contributed by atoms with E-state index in [4.69, 9.17) is 5.84 Å². The second kappa shape index (κ2) is 8.43. The Balaban J connectivity index is 2.53. The van der Waals surface area contributed by atoms with Gasteiger partial charge in [0.2, 0.25) is 0 Å². The summed E-state index contributed by atoms with van der Waals surface area (Å²) >= 11 is 0. The molecule has 0 radical (unpaired) electrons. The van der Waals surface area contributed by atoms with Crippen LogP contribution in [0.15, 0.2) is 24.3 Å². The summed E-state index contributed by atoms with van der Waals surface area (Å²) in [5.41, 5.74) is 5.86. The maximum atomic E-state index is 5.72. The zero-order valence-electron chi connectivity index (χ0n) is 13.7. The van der Waals surface area contributed by atoms with Gasteiger partial charge in [-0.2, -0.15) is 0 Å². The third-order valence-electron chi connectivity index (χ3n) is 3.98. The molecule has 3 N–H and O–H groups in total. The average molecular weight is 276 g/mol. The van der Waals surface area contributed by atoms with Crippen LogP contribution in [0.5, 0.6) is 0 Å². The number of benzene rings is 1. The lowest BCUT2D eigenvalue weighted by atomic mass is 9.86. The molecule has 1 aromatic carbocycles. The van der Waals surface area contributed by atoms with E-state index in [0.717, 1.165) is 6.42 Å². The number of nitrogens with one attached hydrogen (secondary N) is 1. The van der Waals surface area contributed by atoms with Crippen molar-refractivity contribution < 1.29 is 0 Å². The molecule has 0 heterocycles. The van der Waals surface area contributed by atoms with E-state index in [-0.39, 0.29) is 11.5 Å². The topological polar surface area (TPSA) is 38.0 Å². The molecule has 0 saturated heterocycles. The molecule has 2 heteroatoms. The fourth-order valence-corrected chi connectivity index (χ4v) is 2.51. The molecule has 114 valence electrons. The molecule has 0 aliphatic carbocycles. The highest BCUT2D eigenvalue weighted by atomic mass is 15.2. The van der Waals surface area contributed by atoms with Crippen LogP contribution in [-0.4, -0.2) is 0 Å². The first kappa shape index (κ1) is 17.2. The summed E-state index contributed by atoms with van der Waals surface area (Å²) in [6, 6.07) is 9.19. The van der Waals surface area contributed by atoms with Crippen molar-refractivity contribution in [2.45, 2.75) is 77.7 Å². The minimum atomic E-state index is 0.213. The van der Waals surface area contributed by atoms with Crippen molar-refractivity contribution in [1.82, 2.24) is 5.43 Å². The SMILES string of the molecule is CCCCCCCC(NN)c1ccc(C(C)(C)C)cc1. The standard InChI is InChI=1S/C18H32N2/c1-5-6-7-8-9-10-17(20-19)15-11-13-16(14-12-15)18(2,3)4/h11-14,17,20H,5-10,19H2,1-4H3. The van der Waals surface area contributed by atoms with E-state index < -0.39 is 0 Å². The number of nitrogens with two attached hydrogens (primary N) is 1. The minimum absolute atomic E-state index is 0.213. The molecule has 2 nitrogen and oxygen atoms in total. The first-order valence-corrected chi connectivity index (χ1v) is 8.05. The number of hydrogen-bond acceptors (Lipinski definition) is 2. The predicted octanol–water partition coefficient (Wildman–Crippen LogP) is 4.85. The summed E-state index contributed by atoms with van der Waals surface area (Å²) in [5.74, 6) is 5.72. The molecule has 0 bridgehead atoms. The molecule has 0 aliphatic heterocycles. The maximum absolute atomic E-state index is 5.72. The summed E-state index contributed by atoms with van der Waals surface area (Å²) in [7, 11) is 0. The van der Waals surface area contributed by atoms with Crippen LogP contribution in [-0.2, 0) is 5.41 Å². The molecule has 1 aromatic rings. The maximum Gasteiger partial charge on any atom is 0.0460 e. The smallest absolute Gasteiger partial charge is 0.0460 e. The molecule has 0 fully saturated rings. The van der Waals surface area contributed by atoms with Gasteiger partial charge in [-0.1, -0.05) is 84.1 Å². The molecule has 1 unspecified atom stereocenters. The van der Waals surface area contributed by atoms with E-state index in [1.807, 2.05) is 0 Å². The van der Waals surface area contributed by atoms with Gasteiger partial charge in [-0.25, -0.2) is 0 Å². The molecule has 0 amide bonds. The second-order valence-electron chi connectivity index (χ2n) is 6.79. The van der Waals surface area contributed by atoms with Crippen molar-refractivity contribution in [3.8, 4) is 0 Å². The Labute approximate surface area is 125 Å². The lowest BCUT2D eigenvalue weighted by molar-refractivity contribution is 0.478. The van der Waals surface area contributed by atoms with Crippen molar-refractivity contribution >= 4 is 0 Å². The van der Waals surface area contributed by atoms with E-state index in [9.17, 15) is 0 Å². The van der Waals surface area contributed by atoms with Gasteiger partial charge in [-0.3, -0.25) is 11.3 Å². The van der Waals surface area contributed by atoms with E-state index in [0.29, 0.717) is 0 Å². The van der Waals surface area contributed by atoms with Gasteiger partial charge in [0, 0.05) is 6.04 Å². The van der Waals surface area contributed by atoms with Crippen molar-refractivity contribution in [2.24, 2.45) is 5.84 Å². The number of hydrazine groups is 1. The van der Waals surface area contributed by atoms with Crippen LogP contribution < -0.4 is 11.3 Å². The highest BCUT2D eigenvalue weighted by Crippen LogP contribution is 2.25. The van der Waals surface area contributed by atoms with Gasteiger partial charge in [0.05, 0.1) is 0 Å². The first-order chi connectivity index (χ1) is 9.49. The third-order valence-corrected chi connectivity index (χ3v) is 3.98. The van der Waals surface area contributed by atoms with E-state index in [1.54, 1.807) is 0 Å². The van der Waals surface area contributed by atoms with Crippen LogP contribution in [0.3, 0.4) is 0 Å². The fraction of sp³-hybridized carbons (Fsp3) is 0.667. The molecule has 20 heavy (non-hydrogen) atoms. The van der Waals surface area contributed by atoms with Crippen LogP contribution in [0.1, 0.15) is 83.4 Å². The number of hydrogen-bond donors (Lipinski definition) is 2. The van der Waals surface area contributed by atoms with Gasteiger partial charge in [-0.15, -0.1) is 0 Å². The van der Waals surface area contributed by atoms with E-state index >= 15 is 0 Å². The van der Waals surface area contributed by atoms with Crippen molar-refractivity contribution in [3.63, 3.8) is 0 Å². The summed E-state index contributed by atoms with van der Waals surface area (Å²) in [6.45, 7) is 8.98. The summed E-state index contributed by atoms with van der Waals surface area (Å²) in [4.78, 5) is 0. The van der Waals surface area contributed by atoms with Gasteiger partial charge in [0.15, 0.2) is 0 Å². The summed E-state index contributed by atoms with van der Waals surface area (Å²) in [5, 5.41) is 0. The minimum Gasteiger partial charge on any atom is -0.271 e. The van der Waals surface area contributed by atoms with Crippen LogP contribution in [0.4, 0.5) is 0 Å². The molecular weight excluding hydrogens is 244 g/mol. The molecular formula is C18H32N2. The highest BCUT2D eigenvalue weighted by molar-refractivity contribution is 5.29. The van der Waals surface area contributed by atoms with Crippen LogP contribution in [0.2, 0.25) is 0 Å². The van der Waals surface area contributed by atoms with Gasteiger partial charge >= 0.3 is 0 Å². The number of rotatable bonds is 8. The molecule has 0 spiro atoms. The normalized spacial score (nSPS) is 13.4. The van der Waals surface area contributed by atoms with Crippen LogP contribution in [0.25, 0.3) is 0 Å². The molecule has 1 rings (SSSR count). The third kappa shape index (κ3) is 5.64. The van der Waals surface area contributed by atoms with Crippen molar-refractivity contribution in [2.75, 3.05) is 0 Å². The zero-order valence-corrected chi connectivity index (χ0v) is 13.7. The largest absolute Gasteiger partial charge is 0.271 e. The van der Waals surface area contributed by atoms with E-state index in [1.165, 1.54) is 43.2 Å². The van der Waals surface area contributed by atoms with Gasteiger partial charge in [-0.05, 0) is 23.0 Å². The Morgan fingerprint density at radius 3 is 2.10 bits per heavy atom. The highest BCUT2D eigenvalue weighted by Gasteiger charge is 2.15. The monoisotopic (exact) mass is 276 g/mol. The van der Waals surface area contributed by atoms with Crippen LogP contribution in [0, 0.1) is 0 Å². The van der Waals surface area contributed by atoms with Gasteiger partial charge < -0.3 is 0 Å². The Bertz CT molecular complexity index is 362. The van der Waals surface area contributed by atoms with Crippen molar-refractivity contribution in [3.05, 3.63) is 35.4 Å². The van der Waals surface area contributed by atoms with Crippen LogP contribution >= 0.6 is 0 Å². The van der Waals surface area contributed by atoms with Crippen molar-refractivity contribution in [1.29, 1.82) is 0 Å². The molecule has 0 saturated carbocycles. The quantitative estimate of drug-likeness (QED) is 0.405. The van der Waals surface area contributed by atoms with Gasteiger partial charge in [0.25, 0.3) is 0 Å². The van der Waals surface area contributed by atoms with E-state index in [2.05, 4.69) is 57.4 Å². The Kier molecular flexibility index (Phi) is 7.25. The van der Waals surface area contributed by atoms with Gasteiger partial charge in [0.1, 0.15) is 0 Å². The number of unbranched alkanes of at least 4 members (excludes halogenated alkanes) is 4. The predicted molar refractivity (Wildman–Crippen MR) is 88.6 cm³/mol. The Hall–Kier alpha value is -0.860. The Morgan fingerprint density at radius 1 is 1.00 bits per heavy atom.